The quantitative estimate of drug-likeness (QED) is 0.593. The van der Waals surface area contributed by atoms with Gasteiger partial charge in [-0.1, -0.05) is 18.1 Å². The predicted molar refractivity (Wildman–Crippen MR) is 65.7 cm³/mol. The summed E-state index contributed by atoms with van der Waals surface area (Å²) >= 11 is 0. The number of hydrogen-bond acceptors (Lipinski definition) is 3. The first-order valence-corrected chi connectivity index (χ1v) is 5.32. The van der Waals surface area contributed by atoms with Crippen LogP contribution in [0.3, 0.4) is 0 Å². The summed E-state index contributed by atoms with van der Waals surface area (Å²) in [6.07, 6.45) is 5.31. The van der Waals surface area contributed by atoms with E-state index in [0.29, 0.717) is 11.3 Å². The number of carbonyl (C=O) groups excluding carboxylic acids is 1. The highest BCUT2D eigenvalue weighted by atomic mass is 16.6. The number of esters is 1. The van der Waals surface area contributed by atoms with Gasteiger partial charge in [0.2, 0.25) is 0 Å². The van der Waals surface area contributed by atoms with Crippen LogP contribution in [0, 0.1) is 12.3 Å². The summed E-state index contributed by atoms with van der Waals surface area (Å²) in [6, 6.07) is 7.09. The van der Waals surface area contributed by atoms with Crippen molar-refractivity contribution < 1.29 is 14.3 Å². The zero-order valence-corrected chi connectivity index (χ0v) is 10.3. The van der Waals surface area contributed by atoms with Crippen molar-refractivity contribution in [2.75, 3.05) is 6.61 Å². The molecule has 0 saturated heterocycles. The maximum Gasteiger partial charge on any atom is 0.344 e. The molecule has 17 heavy (non-hydrogen) atoms. The molecule has 0 atom stereocenters. The molecule has 0 radical (unpaired) electrons. The molecular formula is C14H16O3. The fraction of sp³-hybridized carbons (Fsp3) is 0.357. The minimum Gasteiger partial charge on any atom is -0.481 e. The molecule has 3 heteroatoms. The van der Waals surface area contributed by atoms with E-state index >= 15 is 0 Å². The Bertz CT molecular complexity index is 436. The summed E-state index contributed by atoms with van der Waals surface area (Å²) in [5.74, 6) is 2.59. The first kappa shape index (κ1) is 13.1. The molecule has 0 heterocycles. The average Bonchev–Trinajstić information content (AvgIpc) is 2.24. The van der Waals surface area contributed by atoms with E-state index in [-0.39, 0.29) is 6.61 Å². The molecule has 0 N–H and O–H groups in total. The summed E-state index contributed by atoms with van der Waals surface area (Å²) in [5, 5.41) is 0. The van der Waals surface area contributed by atoms with E-state index in [0.717, 1.165) is 0 Å². The van der Waals surface area contributed by atoms with Crippen molar-refractivity contribution in [1.82, 2.24) is 0 Å². The topological polar surface area (TPSA) is 35.5 Å². The van der Waals surface area contributed by atoms with Crippen molar-refractivity contribution in [3.05, 3.63) is 29.8 Å². The van der Waals surface area contributed by atoms with Gasteiger partial charge < -0.3 is 9.47 Å². The molecule has 0 saturated carbocycles. The smallest absolute Gasteiger partial charge is 0.344 e. The largest absolute Gasteiger partial charge is 0.481 e. The molecule has 0 unspecified atom stereocenters. The standard InChI is InChI=1S/C14H16O3/c1-5-11-8-6-7-9-12(11)16-10-13(15)17-14(2,3)4/h1,6-9H,10H2,2-4H3. The van der Waals surface area contributed by atoms with Gasteiger partial charge >= 0.3 is 5.97 Å². The second-order valence-corrected chi connectivity index (χ2v) is 4.52. The highest BCUT2D eigenvalue weighted by molar-refractivity contribution is 5.71. The average molecular weight is 232 g/mol. The third kappa shape index (κ3) is 4.60. The highest BCUT2D eigenvalue weighted by Crippen LogP contribution is 2.16. The molecule has 1 aromatic carbocycles. The van der Waals surface area contributed by atoms with Crippen LogP contribution in [-0.2, 0) is 9.53 Å². The summed E-state index contributed by atoms with van der Waals surface area (Å²) in [7, 11) is 0. The minimum absolute atomic E-state index is 0.143. The molecule has 0 aliphatic carbocycles. The lowest BCUT2D eigenvalue weighted by atomic mass is 10.2. The summed E-state index contributed by atoms with van der Waals surface area (Å²) < 4.78 is 10.4. The van der Waals surface area contributed by atoms with Crippen LogP contribution in [0.15, 0.2) is 24.3 Å². The van der Waals surface area contributed by atoms with Crippen molar-refractivity contribution in [3.63, 3.8) is 0 Å². The lowest BCUT2D eigenvalue weighted by Crippen LogP contribution is -2.27. The van der Waals surface area contributed by atoms with Crippen LogP contribution < -0.4 is 4.74 Å². The van der Waals surface area contributed by atoms with Gasteiger partial charge in [-0.15, -0.1) is 6.42 Å². The monoisotopic (exact) mass is 232 g/mol. The van der Waals surface area contributed by atoms with Crippen LogP contribution in [0.25, 0.3) is 0 Å². The number of terminal acetylenes is 1. The van der Waals surface area contributed by atoms with Crippen LogP contribution in [-0.4, -0.2) is 18.2 Å². The highest BCUT2D eigenvalue weighted by Gasteiger charge is 2.16. The molecule has 90 valence electrons. The van der Waals surface area contributed by atoms with Gasteiger partial charge in [-0.25, -0.2) is 4.79 Å². The van der Waals surface area contributed by atoms with Crippen LogP contribution in [0.1, 0.15) is 26.3 Å². The number of rotatable bonds is 3. The van der Waals surface area contributed by atoms with Gasteiger partial charge in [-0.3, -0.25) is 0 Å². The van der Waals surface area contributed by atoms with Crippen molar-refractivity contribution in [2.24, 2.45) is 0 Å². The molecule has 0 spiro atoms. The second kappa shape index (κ2) is 5.40. The van der Waals surface area contributed by atoms with Crippen LogP contribution in [0.5, 0.6) is 5.75 Å². The molecule has 0 fully saturated rings. The van der Waals surface area contributed by atoms with Crippen LogP contribution >= 0.6 is 0 Å². The number of benzene rings is 1. The van der Waals surface area contributed by atoms with Crippen molar-refractivity contribution in [2.45, 2.75) is 26.4 Å². The maximum atomic E-state index is 11.4. The van der Waals surface area contributed by atoms with Gasteiger partial charge in [-0.2, -0.15) is 0 Å². The van der Waals surface area contributed by atoms with Gasteiger partial charge in [0.1, 0.15) is 11.4 Å². The second-order valence-electron chi connectivity index (χ2n) is 4.52. The molecule has 0 aromatic heterocycles. The Morgan fingerprint density at radius 2 is 2.00 bits per heavy atom. The SMILES string of the molecule is C#Cc1ccccc1OCC(=O)OC(C)(C)C. The third-order valence-electron chi connectivity index (χ3n) is 1.81. The molecule has 1 aromatic rings. The van der Waals surface area contributed by atoms with E-state index in [9.17, 15) is 4.79 Å². The first-order chi connectivity index (χ1) is 7.92. The third-order valence-corrected chi connectivity index (χ3v) is 1.81. The van der Waals surface area contributed by atoms with Crippen molar-refractivity contribution in [3.8, 4) is 18.1 Å². The number of para-hydroxylation sites is 1. The lowest BCUT2D eigenvalue weighted by molar-refractivity contribution is -0.157. The van der Waals surface area contributed by atoms with Gasteiger partial charge in [0.15, 0.2) is 6.61 Å². The van der Waals surface area contributed by atoms with Crippen LogP contribution in [0.2, 0.25) is 0 Å². The Morgan fingerprint density at radius 3 is 2.59 bits per heavy atom. The molecule has 3 nitrogen and oxygen atoms in total. The molecular weight excluding hydrogens is 216 g/mol. The van der Waals surface area contributed by atoms with E-state index in [2.05, 4.69) is 5.92 Å². The Balaban J connectivity index is 2.57. The first-order valence-electron chi connectivity index (χ1n) is 5.32. The molecule has 1 rings (SSSR count). The zero-order valence-electron chi connectivity index (χ0n) is 10.3. The van der Waals surface area contributed by atoms with Crippen molar-refractivity contribution >= 4 is 5.97 Å². The predicted octanol–water partition coefficient (Wildman–Crippen LogP) is 2.39. The summed E-state index contributed by atoms with van der Waals surface area (Å²) in [6.45, 7) is 5.27. The molecule has 0 amide bonds. The fourth-order valence-corrected chi connectivity index (χ4v) is 1.22. The van der Waals surface area contributed by atoms with E-state index in [4.69, 9.17) is 15.9 Å². The molecule has 0 aliphatic rings. The zero-order chi connectivity index (χ0) is 12.9. The van der Waals surface area contributed by atoms with Gasteiger partial charge in [-0.05, 0) is 32.9 Å². The van der Waals surface area contributed by atoms with Crippen LogP contribution in [0.4, 0.5) is 0 Å². The lowest BCUT2D eigenvalue weighted by Gasteiger charge is -2.19. The summed E-state index contributed by atoms with van der Waals surface area (Å²) in [4.78, 5) is 11.4. The van der Waals surface area contributed by atoms with E-state index < -0.39 is 11.6 Å². The molecule has 0 aliphatic heterocycles. The van der Waals surface area contributed by atoms with Crippen molar-refractivity contribution in [1.29, 1.82) is 0 Å². The van der Waals surface area contributed by atoms with Gasteiger partial charge in [0.25, 0.3) is 0 Å². The summed E-state index contributed by atoms with van der Waals surface area (Å²) in [5.41, 5.74) is 0.113. The fourth-order valence-electron chi connectivity index (χ4n) is 1.22. The maximum absolute atomic E-state index is 11.4. The Labute approximate surface area is 102 Å². The number of ether oxygens (including phenoxy) is 2. The Hall–Kier alpha value is -1.95. The number of hydrogen-bond donors (Lipinski definition) is 0. The van der Waals surface area contributed by atoms with E-state index in [1.165, 1.54) is 0 Å². The Morgan fingerprint density at radius 1 is 1.35 bits per heavy atom. The van der Waals surface area contributed by atoms with Gasteiger partial charge in [0, 0.05) is 0 Å². The normalized spacial score (nSPS) is 10.5. The molecule has 0 bridgehead atoms. The van der Waals surface area contributed by atoms with Gasteiger partial charge in [0.05, 0.1) is 5.56 Å². The number of carbonyl (C=O) groups is 1. The minimum atomic E-state index is -0.508. The van der Waals surface area contributed by atoms with E-state index in [1.807, 2.05) is 6.07 Å². The Kier molecular flexibility index (Phi) is 4.17. The van der Waals surface area contributed by atoms with E-state index in [1.54, 1.807) is 39.0 Å².